The molecular formula is C19H19ClO5. The number of ether oxygens (including phenoxy) is 4. The average Bonchev–Trinajstić information content (AvgIpc) is 2.64. The number of carbonyl (C=O) groups is 1. The molecule has 0 aliphatic heterocycles. The van der Waals surface area contributed by atoms with Crippen LogP contribution in [0.25, 0.3) is 6.08 Å². The highest BCUT2D eigenvalue weighted by Gasteiger charge is 2.04. The first kappa shape index (κ1) is 18.7. The molecule has 0 fully saturated rings. The molecule has 2 aromatic rings. The molecule has 0 N–H and O–H groups in total. The maximum absolute atomic E-state index is 11.8. The maximum atomic E-state index is 11.8. The van der Waals surface area contributed by atoms with Crippen LogP contribution in [0.2, 0.25) is 5.02 Å². The van der Waals surface area contributed by atoms with Gasteiger partial charge in [-0.25, -0.2) is 4.79 Å². The molecule has 6 heteroatoms. The summed E-state index contributed by atoms with van der Waals surface area (Å²) in [6.07, 6.45) is 2.94. The molecule has 0 saturated carbocycles. The van der Waals surface area contributed by atoms with Crippen molar-refractivity contribution in [3.05, 3.63) is 59.1 Å². The zero-order chi connectivity index (χ0) is 18.1. The van der Waals surface area contributed by atoms with E-state index in [4.69, 9.17) is 30.5 Å². The molecule has 0 atom stereocenters. The fraction of sp³-hybridized carbons (Fsp3) is 0.211. The smallest absolute Gasteiger partial charge is 0.330 e. The summed E-state index contributed by atoms with van der Waals surface area (Å²) in [7, 11) is 3.13. The summed E-state index contributed by atoms with van der Waals surface area (Å²) < 4.78 is 20.9. The third-order valence-corrected chi connectivity index (χ3v) is 3.57. The summed E-state index contributed by atoms with van der Waals surface area (Å²) in [5, 5.41) is 0.513. The number of carbonyl (C=O) groups excluding carboxylic acids is 1. The van der Waals surface area contributed by atoms with Gasteiger partial charge in [0.2, 0.25) is 0 Å². The van der Waals surface area contributed by atoms with Crippen LogP contribution in [0, 0.1) is 0 Å². The van der Waals surface area contributed by atoms with Crippen LogP contribution in [0.15, 0.2) is 48.5 Å². The van der Waals surface area contributed by atoms with Gasteiger partial charge in [0.15, 0.2) is 0 Å². The molecule has 0 amide bonds. The number of halogens is 1. The molecule has 25 heavy (non-hydrogen) atoms. The lowest BCUT2D eigenvalue weighted by Crippen LogP contribution is -2.10. The van der Waals surface area contributed by atoms with E-state index in [-0.39, 0.29) is 13.2 Å². The van der Waals surface area contributed by atoms with Crippen molar-refractivity contribution in [3.8, 4) is 17.2 Å². The van der Waals surface area contributed by atoms with Crippen LogP contribution in [0.5, 0.6) is 17.2 Å². The molecule has 0 radical (unpaired) electrons. The lowest BCUT2D eigenvalue weighted by molar-refractivity contribution is -0.138. The van der Waals surface area contributed by atoms with E-state index in [0.29, 0.717) is 27.8 Å². The summed E-state index contributed by atoms with van der Waals surface area (Å²) in [6, 6.07) is 12.4. The van der Waals surface area contributed by atoms with Crippen molar-refractivity contribution >= 4 is 23.6 Å². The molecule has 0 aromatic heterocycles. The van der Waals surface area contributed by atoms with Crippen LogP contribution in [-0.4, -0.2) is 33.4 Å². The van der Waals surface area contributed by atoms with Crippen molar-refractivity contribution < 1.29 is 23.7 Å². The van der Waals surface area contributed by atoms with E-state index < -0.39 is 5.97 Å². The Hall–Kier alpha value is -2.66. The van der Waals surface area contributed by atoms with E-state index in [0.717, 1.165) is 0 Å². The quantitative estimate of drug-likeness (QED) is 0.403. The van der Waals surface area contributed by atoms with Gasteiger partial charge in [-0.1, -0.05) is 23.7 Å². The van der Waals surface area contributed by atoms with E-state index in [1.807, 2.05) is 12.1 Å². The molecule has 2 rings (SSSR count). The largest absolute Gasteiger partial charge is 0.497 e. The first-order valence-corrected chi connectivity index (χ1v) is 7.96. The van der Waals surface area contributed by atoms with Crippen molar-refractivity contribution in [1.29, 1.82) is 0 Å². The molecule has 132 valence electrons. The lowest BCUT2D eigenvalue weighted by atomic mass is 10.1. The van der Waals surface area contributed by atoms with Gasteiger partial charge in [-0.05, 0) is 36.4 Å². The summed E-state index contributed by atoms with van der Waals surface area (Å²) in [5.41, 5.74) is 0.714. The predicted octanol–water partition coefficient (Wildman–Crippen LogP) is 3.99. The zero-order valence-corrected chi connectivity index (χ0v) is 14.8. The van der Waals surface area contributed by atoms with Gasteiger partial charge in [-0.3, -0.25) is 0 Å². The minimum absolute atomic E-state index is 0.115. The van der Waals surface area contributed by atoms with Crippen molar-refractivity contribution in [1.82, 2.24) is 0 Å². The second kappa shape index (κ2) is 9.59. The number of hydrogen-bond donors (Lipinski definition) is 0. The Kier molecular flexibility index (Phi) is 7.16. The third kappa shape index (κ3) is 5.72. The van der Waals surface area contributed by atoms with Gasteiger partial charge >= 0.3 is 5.97 Å². The van der Waals surface area contributed by atoms with Crippen molar-refractivity contribution in [3.63, 3.8) is 0 Å². The van der Waals surface area contributed by atoms with Crippen LogP contribution in [0.4, 0.5) is 0 Å². The molecule has 0 aliphatic carbocycles. The Morgan fingerprint density at radius 1 is 1.04 bits per heavy atom. The number of para-hydroxylation sites is 1. The molecule has 0 aliphatic rings. The van der Waals surface area contributed by atoms with Gasteiger partial charge in [-0.2, -0.15) is 0 Å². The number of esters is 1. The van der Waals surface area contributed by atoms with Crippen LogP contribution < -0.4 is 14.2 Å². The minimum Gasteiger partial charge on any atom is -0.497 e. The molecule has 5 nitrogen and oxygen atoms in total. The van der Waals surface area contributed by atoms with Gasteiger partial charge in [0.1, 0.15) is 30.5 Å². The van der Waals surface area contributed by atoms with Gasteiger partial charge in [0.25, 0.3) is 0 Å². The van der Waals surface area contributed by atoms with Crippen molar-refractivity contribution in [2.75, 3.05) is 27.4 Å². The van der Waals surface area contributed by atoms with Gasteiger partial charge < -0.3 is 18.9 Å². The molecule has 0 saturated heterocycles. The molecular weight excluding hydrogens is 344 g/mol. The number of benzene rings is 2. The molecule has 0 unspecified atom stereocenters. The number of hydrogen-bond acceptors (Lipinski definition) is 5. The summed E-state index contributed by atoms with van der Waals surface area (Å²) >= 11 is 5.97. The molecule has 0 spiro atoms. The van der Waals surface area contributed by atoms with E-state index in [9.17, 15) is 4.79 Å². The van der Waals surface area contributed by atoms with Gasteiger partial charge in [-0.15, -0.1) is 0 Å². The van der Waals surface area contributed by atoms with E-state index in [1.54, 1.807) is 50.6 Å². The van der Waals surface area contributed by atoms with Crippen molar-refractivity contribution in [2.24, 2.45) is 0 Å². The van der Waals surface area contributed by atoms with Crippen LogP contribution in [0.3, 0.4) is 0 Å². The first-order chi connectivity index (χ1) is 12.1. The standard InChI is InChI=1S/C19H19ClO5/c1-22-15-8-9-17(23-2)14(13-15)7-10-19(21)25-12-11-24-18-6-4-3-5-16(18)20/h3-10,13H,11-12H2,1-2H3/b10-7+. The summed E-state index contributed by atoms with van der Waals surface area (Å²) in [6.45, 7) is 0.329. The Balaban J connectivity index is 1.84. The Labute approximate surface area is 151 Å². The zero-order valence-electron chi connectivity index (χ0n) is 14.0. The first-order valence-electron chi connectivity index (χ1n) is 7.58. The van der Waals surface area contributed by atoms with Crippen molar-refractivity contribution in [2.45, 2.75) is 0 Å². The SMILES string of the molecule is COc1ccc(OC)c(/C=C/C(=O)OCCOc2ccccc2Cl)c1. The molecule has 0 heterocycles. The number of methoxy groups -OCH3 is 2. The maximum Gasteiger partial charge on any atom is 0.330 e. The summed E-state index contributed by atoms with van der Waals surface area (Å²) in [5.74, 6) is 1.37. The Morgan fingerprint density at radius 3 is 2.56 bits per heavy atom. The van der Waals surface area contributed by atoms with Gasteiger partial charge in [0.05, 0.1) is 19.2 Å². The van der Waals surface area contributed by atoms with E-state index in [1.165, 1.54) is 6.08 Å². The van der Waals surface area contributed by atoms with Crippen LogP contribution in [-0.2, 0) is 9.53 Å². The topological polar surface area (TPSA) is 54.0 Å². The number of rotatable bonds is 8. The highest BCUT2D eigenvalue weighted by Crippen LogP contribution is 2.25. The highest BCUT2D eigenvalue weighted by molar-refractivity contribution is 6.32. The monoisotopic (exact) mass is 362 g/mol. The van der Waals surface area contributed by atoms with E-state index >= 15 is 0 Å². The normalized spacial score (nSPS) is 10.5. The molecule has 0 bridgehead atoms. The second-order valence-corrected chi connectivity index (χ2v) is 5.29. The van der Waals surface area contributed by atoms with Crippen LogP contribution in [0.1, 0.15) is 5.56 Å². The van der Waals surface area contributed by atoms with Crippen LogP contribution >= 0.6 is 11.6 Å². The molecule has 2 aromatic carbocycles. The van der Waals surface area contributed by atoms with E-state index in [2.05, 4.69) is 0 Å². The van der Waals surface area contributed by atoms with Gasteiger partial charge in [0, 0.05) is 11.6 Å². The minimum atomic E-state index is -0.479. The highest BCUT2D eigenvalue weighted by atomic mass is 35.5. The summed E-state index contributed by atoms with van der Waals surface area (Å²) in [4.78, 5) is 11.8. The predicted molar refractivity (Wildman–Crippen MR) is 96.5 cm³/mol. The lowest BCUT2D eigenvalue weighted by Gasteiger charge is -2.08. The second-order valence-electron chi connectivity index (χ2n) is 4.89. The fourth-order valence-electron chi connectivity index (χ4n) is 2.03. The average molecular weight is 363 g/mol. The Bertz CT molecular complexity index is 742. The third-order valence-electron chi connectivity index (χ3n) is 3.26. The Morgan fingerprint density at radius 2 is 1.84 bits per heavy atom. The fourth-order valence-corrected chi connectivity index (χ4v) is 2.22.